The maximum atomic E-state index is 11.9. The minimum absolute atomic E-state index is 0.108. The van der Waals surface area contributed by atoms with Crippen LogP contribution in [0, 0.1) is 0 Å². The number of amides is 1. The number of carbonyl (C=O) groups is 1. The fourth-order valence-electron chi connectivity index (χ4n) is 0.901. The number of halogens is 3. The van der Waals surface area contributed by atoms with Crippen LogP contribution < -0.4 is 16.2 Å². The summed E-state index contributed by atoms with van der Waals surface area (Å²) in [7, 11) is 0. The van der Waals surface area contributed by atoms with E-state index in [1.165, 1.54) is 6.07 Å². The first-order chi connectivity index (χ1) is 6.79. The van der Waals surface area contributed by atoms with Crippen molar-refractivity contribution in [2.75, 3.05) is 5.73 Å². The largest absolute Gasteiger partial charge is 0.573 e. The molecule has 0 aliphatic carbocycles. The van der Waals surface area contributed by atoms with E-state index in [9.17, 15) is 18.0 Å². The predicted molar refractivity (Wildman–Crippen MR) is 46.1 cm³/mol. The van der Waals surface area contributed by atoms with E-state index in [0.29, 0.717) is 0 Å². The normalized spacial score (nSPS) is 11.1. The Morgan fingerprint density at radius 3 is 2.40 bits per heavy atom. The number of hydrogen-bond acceptors (Lipinski definition) is 3. The van der Waals surface area contributed by atoms with Crippen molar-refractivity contribution >= 4 is 11.6 Å². The van der Waals surface area contributed by atoms with Crippen molar-refractivity contribution in [3.05, 3.63) is 23.8 Å². The van der Waals surface area contributed by atoms with E-state index < -0.39 is 18.0 Å². The Morgan fingerprint density at radius 2 is 1.93 bits per heavy atom. The van der Waals surface area contributed by atoms with Crippen molar-refractivity contribution in [2.45, 2.75) is 6.36 Å². The Hall–Kier alpha value is -1.92. The molecular formula is C8H7F3N2O2. The number of benzene rings is 1. The van der Waals surface area contributed by atoms with Gasteiger partial charge < -0.3 is 16.2 Å². The highest BCUT2D eigenvalue weighted by molar-refractivity contribution is 5.93. The standard InChI is InChI=1S/C8H7F3N2O2/c9-8(10,11)15-6-3-4(7(13)14)1-2-5(6)12/h1-3H,12H2,(H2,13,14). The average molecular weight is 220 g/mol. The lowest BCUT2D eigenvalue weighted by Gasteiger charge is -2.11. The maximum Gasteiger partial charge on any atom is 0.573 e. The maximum absolute atomic E-state index is 11.9. The van der Waals surface area contributed by atoms with Gasteiger partial charge in [0, 0.05) is 5.56 Å². The molecule has 0 saturated carbocycles. The predicted octanol–water partition coefficient (Wildman–Crippen LogP) is 1.27. The Morgan fingerprint density at radius 1 is 1.33 bits per heavy atom. The van der Waals surface area contributed by atoms with Gasteiger partial charge >= 0.3 is 6.36 Å². The first-order valence-electron chi connectivity index (χ1n) is 3.74. The lowest BCUT2D eigenvalue weighted by molar-refractivity contribution is -0.274. The molecule has 4 nitrogen and oxygen atoms in total. The van der Waals surface area contributed by atoms with Gasteiger partial charge in [0.1, 0.15) is 0 Å². The highest BCUT2D eigenvalue weighted by Crippen LogP contribution is 2.28. The summed E-state index contributed by atoms with van der Waals surface area (Å²) in [6, 6.07) is 3.16. The molecule has 0 spiro atoms. The fraction of sp³-hybridized carbons (Fsp3) is 0.125. The van der Waals surface area contributed by atoms with Crippen LogP contribution >= 0.6 is 0 Å². The zero-order chi connectivity index (χ0) is 11.6. The van der Waals surface area contributed by atoms with Crippen molar-refractivity contribution < 1.29 is 22.7 Å². The van der Waals surface area contributed by atoms with Gasteiger partial charge in [-0.25, -0.2) is 0 Å². The number of anilines is 1. The second kappa shape index (κ2) is 3.68. The smallest absolute Gasteiger partial charge is 0.404 e. The summed E-state index contributed by atoms with van der Waals surface area (Å²) < 4.78 is 39.2. The third kappa shape index (κ3) is 3.04. The lowest BCUT2D eigenvalue weighted by atomic mass is 10.2. The van der Waals surface area contributed by atoms with Crippen LogP contribution in [0.25, 0.3) is 0 Å². The van der Waals surface area contributed by atoms with Gasteiger partial charge in [-0.2, -0.15) is 0 Å². The number of carbonyl (C=O) groups excluding carboxylic acids is 1. The summed E-state index contributed by atoms with van der Waals surface area (Å²) >= 11 is 0. The summed E-state index contributed by atoms with van der Waals surface area (Å²) in [6.45, 7) is 0. The van der Waals surface area contributed by atoms with E-state index in [1.54, 1.807) is 0 Å². The number of nitrogens with two attached hydrogens (primary N) is 2. The Balaban J connectivity index is 3.06. The van der Waals surface area contributed by atoms with Gasteiger partial charge in [0.25, 0.3) is 0 Å². The Labute approximate surface area is 82.6 Å². The minimum Gasteiger partial charge on any atom is -0.404 e. The van der Waals surface area contributed by atoms with Crippen LogP contribution in [0.15, 0.2) is 18.2 Å². The molecule has 0 aromatic heterocycles. The van der Waals surface area contributed by atoms with E-state index >= 15 is 0 Å². The molecule has 0 heterocycles. The second-order valence-electron chi connectivity index (χ2n) is 2.66. The van der Waals surface area contributed by atoms with Gasteiger partial charge in [0.05, 0.1) is 5.69 Å². The minimum atomic E-state index is -4.86. The van der Waals surface area contributed by atoms with Crippen LogP contribution in [0.2, 0.25) is 0 Å². The highest BCUT2D eigenvalue weighted by atomic mass is 19.4. The number of ether oxygens (including phenoxy) is 1. The first-order valence-corrected chi connectivity index (χ1v) is 3.74. The van der Waals surface area contributed by atoms with Crippen LogP contribution in [0.5, 0.6) is 5.75 Å². The number of nitrogen functional groups attached to an aromatic ring is 1. The van der Waals surface area contributed by atoms with E-state index in [1.807, 2.05) is 0 Å². The van der Waals surface area contributed by atoms with Gasteiger partial charge in [0.15, 0.2) is 5.75 Å². The van der Waals surface area contributed by atoms with Crippen molar-refractivity contribution in [1.29, 1.82) is 0 Å². The molecule has 0 atom stereocenters. The van der Waals surface area contributed by atoms with Crippen molar-refractivity contribution in [3.63, 3.8) is 0 Å². The highest BCUT2D eigenvalue weighted by Gasteiger charge is 2.32. The van der Waals surface area contributed by atoms with E-state index in [4.69, 9.17) is 11.5 Å². The summed E-state index contributed by atoms with van der Waals surface area (Å²) in [4.78, 5) is 10.7. The fourth-order valence-corrected chi connectivity index (χ4v) is 0.901. The molecule has 0 fully saturated rings. The van der Waals surface area contributed by atoms with Crippen molar-refractivity contribution in [1.82, 2.24) is 0 Å². The third-order valence-corrected chi connectivity index (χ3v) is 1.52. The van der Waals surface area contributed by atoms with Gasteiger partial charge in [-0.1, -0.05) is 0 Å². The molecule has 15 heavy (non-hydrogen) atoms. The Bertz CT molecular complexity index is 390. The molecule has 1 amide bonds. The summed E-state index contributed by atoms with van der Waals surface area (Å²) in [5, 5.41) is 0. The molecule has 1 rings (SSSR count). The van der Waals surface area contributed by atoms with E-state index in [0.717, 1.165) is 12.1 Å². The van der Waals surface area contributed by atoms with Gasteiger partial charge in [-0.15, -0.1) is 13.2 Å². The monoisotopic (exact) mass is 220 g/mol. The number of primary amides is 1. The number of alkyl halides is 3. The van der Waals surface area contributed by atoms with Crippen LogP contribution in [0.1, 0.15) is 10.4 Å². The first kappa shape index (κ1) is 11.2. The third-order valence-electron chi connectivity index (χ3n) is 1.52. The van der Waals surface area contributed by atoms with E-state index in [2.05, 4.69) is 4.74 Å². The number of hydrogen-bond donors (Lipinski definition) is 2. The second-order valence-corrected chi connectivity index (χ2v) is 2.66. The molecule has 0 aliphatic heterocycles. The molecule has 0 aliphatic rings. The zero-order valence-electron chi connectivity index (χ0n) is 7.34. The van der Waals surface area contributed by atoms with Crippen LogP contribution in [-0.4, -0.2) is 12.3 Å². The van der Waals surface area contributed by atoms with Crippen molar-refractivity contribution in [2.24, 2.45) is 5.73 Å². The topological polar surface area (TPSA) is 78.3 Å². The average Bonchev–Trinajstić information content (AvgIpc) is 2.06. The molecule has 0 saturated heterocycles. The molecule has 4 N–H and O–H groups in total. The van der Waals surface area contributed by atoms with Gasteiger partial charge in [0.2, 0.25) is 5.91 Å². The lowest BCUT2D eigenvalue weighted by Crippen LogP contribution is -2.19. The SMILES string of the molecule is NC(=O)c1ccc(N)c(OC(F)(F)F)c1. The summed E-state index contributed by atoms with van der Waals surface area (Å²) in [6.07, 6.45) is -4.86. The Kier molecular flexibility index (Phi) is 2.74. The van der Waals surface area contributed by atoms with Gasteiger partial charge in [-0.05, 0) is 18.2 Å². The van der Waals surface area contributed by atoms with Gasteiger partial charge in [-0.3, -0.25) is 4.79 Å². The van der Waals surface area contributed by atoms with Crippen LogP contribution in [-0.2, 0) is 0 Å². The van der Waals surface area contributed by atoms with E-state index in [-0.39, 0.29) is 11.3 Å². The molecule has 0 unspecified atom stereocenters. The summed E-state index contributed by atoms with van der Waals surface area (Å²) in [5.41, 5.74) is 9.77. The molecule has 1 aromatic rings. The molecule has 82 valence electrons. The molecule has 7 heteroatoms. The zero-order valence-corrected chi connectivity index (χ0v) is 7.34. The number of rotatable bonds is 2. The molecule has 0 bridgehead atoms. The molecule has 1 aromatic carbocycles. The van der Waals surface area contributed by atoms with Crippen molar-refractivity contribution in [3.8, 4) is 5.75 Å². The molecular weight excluding hydrogens is 213 g/mol. The quantitative estimate of drug-likeness (QED) is 0.736. The summed E-state index contributed by atoms with van der Waals surface area (Å²) in [5.74, 6) is -1.50. The molecule has 0 radical (unpaired) electrons. The van der Waals surface area contributed by atoms with Crippen LogP contribution in [0.3, 0.4) is 0 Å². The van der Waals surface area contributed by atoms with Crippen LogP contribution in [0.4, 0.5) is 18.9 Å².